The van der Waals surface area contributed by atoms with Gasteiger partial charge >= 0.3 is 0 Å². The Morgan fingerprint density at radius 1 is 1.29 bits per heavy atom. The van der Waals surface area contributed by atoms with Gasteiger partial charge in [-0.05, 0) is 37.2 Å². The predicted octanol–water partition coefficient (Wildman–Crippen LogP) is 3.60. The van der Waals surface area contributed by atoms with Crippen molar-refractivity contribution >= 4 is 16.8 Å². The second-order valence-electron chi connectivity index (χ2n) is 6.93. The lowest BCUT2D eigenvalue weighted by Gasteiger charge is -2.38. The molecule has 1 amide bonds. The quantitative estimate of drug-likeness (QED) is 0.916. The number of carbonyl (C=O) groups excluding carboxylic acids is 1. The highest BCUT2D eigenvalue weighted by molar-refractivity contribution is 6.04. The van der Waals surface area contributed by atoms with E-state index < -0.39 is 0 Å². The topological polar surface area (TPSA) is 49.0 Å². The van der Waals surface area contributed by atoms with Gasteiger partial charge in [0.05, 0.1) is 5.52 Å². The molecule has 112 valence electrons. The third kappa shape index (κ3) is 2.67. The van der Waals surface area contributed by atoms with Crippen molar-refractivity contribution in [3.05, 3.63) is 30.0 Å². The maximum atomic E-state index is 12.7. The summed E-state index contributed by atoms with van der Waals surface area (Å²) in [7, 11) is 1.91. The first kappa shape index (κ1) is 14.1. The molecular weight excluding hydrogens is 262 g/mol. The lowest BCUT2D eigenvalue weighted by molar-refractivity contribution is 0.0631. The lowest BCUT2D eigenvalue weighted by atomic mass is 9.75. The van der Waals surface area contributed by atoms with Crippen LogP contribution in [0, 0.1) is 5.41 Å². The molecule has 0 spiro atoms. The van der Waals surface area contributed by atoms with E-state index in [0.29, 0.717) is 17.2 Å². The Balaban J connectivity index is 1.79. The van der Waals surface area contributed by atoms with E-state index in [1.165, 1.54) is 12.8 Å². The van der Waals surface area contributed by atoms with Gasteiger partial charge in [-0.15, -0.1) is 0 Å². The number of carbonyl (C=O) groups is 1. The standard InChI is InChI=1S/C17H23N3O/c1-17(2)10-8-12(9-11-17)20(3)16(21)15-13-6-4-5-7-14(13)18-19-15/h4-7,12H,8-11H2,1-3H3,(H,18,19). The molecule has 1 aliphatic carbocycles. The van der Waals surface area contributed by atoms with Crippen LogP contribution in [0.15, 0.2) is 24.3 Å². The van der Waals surface area contributed by atoms with Crippen molar-refractivity contribution in [2.75, 3.05) is 7.05 Å². The summed E-state index contributed by atoms with van der Waals surface area (Å²) in [6, 6.07) is 8.12. The van der Waals surface area contributed by atoms with Crippen molar-refractivity contribution in [2.24, 2.45) is 5.41 Å². The minimum atomic E-state index is 0.0251. The summed E-state index contributed by atoms with van der Waals surface area (Å²) in [5, 5.41) is 8.07. The van der Waals surface area contributed by atoms with Gasteiger partial charge in [-0.3, -0.25) is 9.89 Å². The minimum absolute atomic E-state index is 0.0251. The third-order valence-corrected chi connectivity index (χ3v) is 4.85. The molecule has 1 aromatic heterocycles. The molecule has 0 atom stereocenters. The van der Waals surface area contributed by atoms with E-state index >= 15 is 0 Å². The largest absolute Gasteiger partial charge is 0.337 e. The van der Waals surface area contributed by atoms with Crippen molar-refractivity contribution in [1.29, 1.82) is 0 Å². The molecule has 21 heavy (non-hydrogen) atoms. The van der Waals surface area contributed by atoms with E-state index in [2.05, 4.69) is 24.0 Å². The summed E-state index contributed by atoms with van der Waals surface area (Å²) in [6.07, 6.45) is 4.52. The molecule has 4 nitrogen and oxygen atoms in total. The molecule has 0 bridgehead atoms. The first-order chi connectivity index (χ1) is 9.98. The van der Waals surface area contributed by atoms with Crippen LogP contribution in [-0.4, -0.2) is 34.1 Å². The average molecular weight is 285 g/mol. The molecule has 2 aromatic rings. The second-order valence-corrected chi connectivity index (χ2v) is 6.93. The van der Waals surface area contributed by atoms with Crippen LogP contribution < -0.4 is 0 Å². The van der Waals surface area contributed by atoms with Crippen LogP contribution in [-0.2, 0) is 0 Å². The smallest absolute Gasteiger partial charge is 0.274 e. The maximum absolute atomic E-state index is 12.7. The normalized spacial score (nSPS) is 18.8. The van der Waals surface area contributed by atoms with E-state index in [0.717, 1.165) is 23.7 Å². The number of aromatic nitrogens is 2. The molecule has 1 saturated carbocycles. The number of aromatic amines is 1. The van der Waals surface area contributed by atoms with Crippen molar-refractivity contribution in [2.45, 2.75) is 45.6 Å². The van der Waals surface area contributed by atoms with Crippen LogP contribution in [0.25, 0.3) is 10.9 Å². The van der Waals surface area contributed by atoms with Crippen LogP contribution >= 0.6 is 0 Å². The first-order valence-corrected chi connectivity index (χ1v) is 7.68. The molecule has 4 heteroatoms. The van der Waals surface area contributed by atoms with E-state index in [4.69, 9.17) is 0 Å². The summed E-state index contributed by atoms with van der Waals surface area (Å²) in [4.78, 5) is 14.6. The van der Waals surface area contributed by atoms with Crippen LogP contribution in [0.4, 0.5) is 0 Å². The van der Waals surface area contributed by atoms with Crippen molar-refractivity contribution < 1.29 is 4.79 Å². The van der Waals surface area contributed by atoms with Gasteiger partial charge in [0.15, 0.2) is 5.69 Å². The number of nitrogens with one attached hydrogen (secondary N) is 1. The van der Waals surface area contributed by atoms with Crippen molar-refractivity contribution in [3.63, 3.8) is 0 Å². The Morgan fingerprint density at radius 3 is 2.67 bits per heavy atom. The van der Waals surface area contributed by atoms with Gasteiger partial charge in [-0.1, -0.05) is 32.0 Å². The molecule has 1 fully saturated rings. The summed E-state index contributed by atoms with van der Waals surface area (Å²) in [5.41, 5.74) is 1.87. The van der Waals surface area contributed by atoms with Gasteiger partial charge in [0, 0.05) is 18.5 Å². The number of H-pyrrole nitrogens is 1. The monoisotopic (exact) mass is 285 g/mol. The zero-order chi connectivity index (χ0) is 15.0. The van der Waals surface area contributed by atoms with E-state index in [1.54, 1.807) is 0 Å². The van der Waals surface area contributed by atoms with Gasteiger partial charge in [0.2, 0.25) is 0 Å². The summed E-state index contributed by atoms with van der Waals surface area (Å²) in [5.74, 6) is 0.0251. The molecule has 1 N–H and O–H groups in total. The Morgan fingerprint density at radius 2 is 1.95 bits per heavy atom. The fourth-order valence-corrected chi connectivity index (χ4v) is 3.23. The number of amides is 1. The third-order valence-electron chi connectivity index (χ3n) is 4.85. The molecule has 0 radical (unpaired) electrons. The Bertz CT molecular complexity index is 649. The fraction of sp³-hybridized carbons (Fsp3) is 0.529. The fourth-order valence-electron chi connectivity index (χ4n) is 3.23. The van der Waals surface area contributed by atoms with Gasteiger partial charge in [-0.25, -0.2) is 0 Å². The molecule has 0 aliphatic heterocycles. The van der Waals surface area contributed by atoms with Crippen LogP contribution in [0.3, 0.4) is 0 Å². The number of hydrogen-bond acceptors (Lipinski definition) is 2. The Labute approximate surface area is 125 Å². The number of hydrogen-bond donors (Lipinski definition) is 1. The van der Waals surface area contributed by atoms with Crippen LogP contribution in [0.5, 0.6) is 0 Å². The predicted molar refractivity (Wildman–Crippen MR) is 84.2 cm³/mol. The zero-order valence-electron chi connectivity index (χ0n) is 13.0. The number of benzene rings is 1. The van der Waals surface area contributed by atoms with E-state index in [9.17, 15) is 4.79 Å². The Hall–Kier alpha value is -1.84. The summed E-state index contributed by atoms with van der Waals surface area (Å²) < 4.78 is 0. The first-order valence-electron chi connectivity index (χ1n) is 7.68. The maximum Gasteiger partial charge on any atom is 0.274 e. The summed E-state index contributed by atoms with van der Waals surface area (Å²) >= 11 is 0. The van der Waals surface area contributed by atoms with Crippen LogP contribution in [0.2, 0.25) is 0 Å². The number of nitrogens with zero attached hydrogens (tertiary/aromatic N) is 2. The lowest BCUT2D eigenvalue weighted by Crippen LogP contribution is -2.41. The second kappa shape index (κ2) is 5.17. The number of rotatable bonds is 2. The number of para-hydroxylation sites is 1. The molecule has 1 aromatic carbocycles. The van der Waals surface area contributed by atoms with Gasteiger partial charge in [-0.2, -0.15) is 5.10 Å². The van der Waals surface area contributed by atoms with E-state index in [1.807, 2.05) is 36.2 Å². The van der Waals surface area contributed by atoms with Gasteiger partial charge in [0.1, 0.15) is 0 Å². The SMILES string of the molecule is CN(C(=O)c1n[nH]c2ccccc12)C1CCC(C)(C)CC1. The Kier molecular flexibility index (Phi) is 3.47. The molecule has 1 heterocycles. The highest BCUT2D eigenvalue weighted by Gasteiger charge is 2.31. The zero-order valence-corrected chi connectivity index (χ0v) is 13.0. The summed E-state index contributed by atoms with van der Waals surface area (Å²) in [6.45, 7) is 4.62. The minimum Gasteiger partial charge on any atom is -0.337 e. The highest BCUT2D eigenvalue weighted by atomic mass is 16.2. The van der Waals surface area contributed by atoms with Crippen LogP contribution in [0.1, 0.15) is 50.0 Å². The van der Waals surface area contributed by atoms with Crippen molar-refractivity contribution in [3.8, 4) is 0 Å². The van der Waals surface area contributed by atoms with Gasteiger partial charge in [0.25, 0.3) is 5.91 Å². The van der Waals surface area contributed by atoms with Gasteiger partial charge < -0.3 is 4.90 Å². The van der Waals surface area contributed by atoms with Crippen molar-refractivity contribution in [1.82, 2.24) is 15.1 Å². The molecular formula is C17H23N3O. The number of fused-ring (bicyclic) bond motifs is 1. The molecule has 1 aliphatic rings. The molecule has 3 rings (SSSR count). The van der Waals surface area contributed by atoms with E-state index in [-0.39, 0.29) is 5.91 Å². The molecule has 0 unspecified atom stereocenters. The highest BCUT2D eigenvalue weighted by Crippen LogP contribution is 2.37. The molecule has 0 saturated heterocycles. The average Bonchev–Trinajstić information content (AvgIpc) is 2.90.